The maximum absolute atomic E-state index is 12.7. The molecule has 30 heavy (non-hydrogen) atoms. The van der Waals surface area contributed by atoms with Crippen molar-refractivity contribution in [3.05, 3.63) is 87.2 Å². The van der Waals surface area contributed by atoms with Crippen LogP contribution in [0.25, 0.3) is 17.4 Å². The lowest BCUT2D eigenvalue weighted by molar-refractivity contribution is -0.123. The van der Waals surface area contributed by atoms with Gasteiger partial charge in [0.25, 0.3) is 5.91 Å². The van der Waals surface area contributed by atoms with Gasteiger partial charge in [-0.1, -0.05) is 29.3 Å². The van der Waals surface area contributed by atoms with Crippen molar-refractivity contribution < 1.29 is 14.0 Å². The van der Waals surface area contributed by atoms with Gasteiger partial charge in [-0.25, -0.2) is 4.79 Å². The molecule has 0 bridgehead atoms. The maximum Gasteiger partial charge on any atom is 0.329 e. The third-order valence-corrected chi connectivity index (χ3v) is 5.10. The van der Waals surface area contributed by atoms with E-state index in [4.69, 9.17) is 32.9 Å². The largest absolute Gasteiger partial charge is 0.457 e. The van der Waals surface area contributed by atoms with E-state index >= 15 is 0 Å². The van der Waals surface area contributed by atoms with Gasteiger partial charge < -0.3 is 9.73 Å². The number of hydrogen-bond acceptors (Lipinski definition) is 4. The van der Waals surface area contributed by atoms with E-state index in [1.54, 1.807) is 54.6 Å². The molecule has 0 saturated carbocycles. The standard InChI is InChI=1S/C22H13Cl2N3O3/c23-16-6-5-15(18(24)9-16)12-27-21(28)19(26-22(27)29)10-17-7-8-20(30-17)14-3-1-13(11-25)2-4-14/h1-10H,12H2,(H,26,29)/b19-10+. The summed E-state index contributed by atoms with van der Waals surface area (Å²) >= 11 is 12.0. The van der Waals surface area contributed by atoms with Crippen LogP contribution in [0.5, 0.6) is 0 Å². The lowest BCUT2D eigenvalue weighted by Crippen LogP contribution is -2.30. The highest BCUT2D eigenvalue weighted by Crippen LogP contribution is 2.26. The Morgan fingerprint density at radius 1 is 1.07 bits per heavy atom. The van der Waals surface area contributed by atoms with Gasteiger partial charge in [0.1, 0.15) is 17.2 Å². The first-order chi connectivity index (χ1) is 14.4. The summed E-state index contributed by atoms with van der Waals surface area (Å²) in [6, 6.07) is 16.8. The number of nitrogens with zero attached hydrogens (tertiary/aromatic N) is 2. The average molecular weight is 438 g/mol. The van der Waals surface area contributed by atoms with Crippen LogP contribution in [0, 0.1) is 11.3 Å². The fourth-order valence-electron chi connectivity index (χ4n) is 2.97. The summed E-state index contributed by atoms with van der Waals surface area (Å²) in [6.45, 7) is 0.0205. The Kier molecular flexibility index (Phi) is 5.32. The fraction of sp³-hybridized carbons (Fsp3) is 0.0455. The summed E-state index contributed by atoms with van der Waals surface area (Å²) in [5.74, 6) is 0.500. The smallest absolute Gasteiger partial charge is 0.329 e. The minimum absolute atomic E-state index is 0.0205. The van der Waals surface area contributed by atoms with Crippen molar-refractivity contribution in [2.24, 2.45) is 0 Å². The second-order valence-electron chi connectivity index (χ2n) is 6.51. The Hall–Kier alpha value is -3.53. The first-order valence-corrected chi connectivity index (χ1v) is 9.59. The van der Waals surface area contributed by atoms with Crippen molar-refractivity contribution >= 4 is 41.2 Å². The molecule has 3 amide bonds. The molecule has 1 aliphatic rings. The van der Waals surface area contributed by atoms with Crippen LogP contribution in [0.4, 0.5) is 4.79 Å². The molecule has 0 atom stereocenters. The van der Waals surface area contributed by atoms with E-state index in [1.807, 2.05) is 0 Å². The number of nitriles is 1. The summed E-state index contributed by atoms with van der Waals surface area (Å²) in [6.07, 6.45) is 1.47. The van der Waals surface area contributed by atoms with Crippen LogP contribution >= 0.6 is 23.2 Å². The monoisotopic (exact) mass is 437 g/mol. The van der Waals surface area contributed by atoms with E-state index in [9.17, 15) is 9.59 Å². The second-order valence-corrected chi connectivity index (χ2v) is 7.35. The topological polar surface area (TPSA) is 86.3 Å². The maximum atomic E-state index is 12.7. The lowest BCUT2D eigenvalue weighted by atomic mass is 10.1. The molecule has 1 N–H and O–H groups in total. The summed E-state index contributed by atoms with van der Waals surface area (Å²) in [7, 11) is 0. The fourth-order valence-corrected chi connectivity index (χ4v) is 3.44. The number of hydrogen-bond donors (Lipinski definition) is 1. The van der Waals surface area contributed by atoms with Gasteiger partial charge in [-0.2, -0.15) is 5.26 Å². The number of urea groups is 1. The van der Waals surface area contributed by atoms with Crippen molar-refractivity contribution in [2.75, 3.05) is 0 Å². The number of nitrogens with one attached hydrogen (secondary N) is 1. The number of carbonyl (C=O) groups excluding carboxylic acids is 2. The number of rotatable bonds is 4. The Morgan fingerprint density at radius 3 is 2.53 bits per heavy atom. The Bertz CT molecular complexity index is 1220. The van der Waals surface area contributed by atoms with Crippen molar-refractivity contribution in [1.82, 2.24) is 10.2 Å². The number of benzene rings is 2. The van der Waals surface area contributed by atoms with Gasteiger partial charge in [-0.3, -0.25) is 9.69 Å². The third kappa shape index (κ3) is 3.94. The zero-order chi connectivity index (χ0) is 21.3. The van der Waals surface area contributed by atoms with Crippen LogP contribution in [0.3, 0.4) is 0 Å². The Balaban J connectivity index is 1.53. The molecule has 0 aliphatic carbocycles. The van der Waals surface area contributed by atoms with Crippen LogP contribution in [-0.4, -0.2) is 16.8 Å². The van der Waals surface area contributed by atoms with Gasteiger partial charge in [0.2, 0.25) is 0 Å². The molecule has 0 radical (unpaired) electrons. The zero-order valence-corrected chi connectivity index (χ0v) is 16.9. The average Bonchev–Trinajstić information content (AvgIpc) is 3.30. The molecule has 0 spiro atoms. The molecule has 6 nitrogen and oxygen atoms in total. The van der Waals surface area contributed by atoms with Gasteiger partial charge in [-0.15, -0.1) is 0 Å². The molecule has 1 aromatic heterocycles. The van der Waals surface area contributed by atoms with Crippen molar-refractivity contribution in [3.8, 4) is 17.4 Å². The van der Waals surface area contributed by atoms with Crippen LogP contribution in [0.15, 0.2) is 64.7 Å². The number of amides is 3. The predicted molar refractivity (Wildman–Crippen MR) is 112 cm³/mol. The molecular weight excluding hydrogens is 425 g/mol. The summed E-state index contributed by atoms with van der Waals surface area (Å²) in [5.41, 5.74) is 2.05. The van der Waals surface area contributed by atoms with Crippen molar-refractivity contribution in [3.63, 3.8) is 0 Å². The quantitative estimate of drug-likeness (QED) is 0.447. The number of furan rings is 1. The molecule has 1 fully saturated rings. The van der Waals surface area contributed by atoms with Crippen molar-refractivity contribution in [1.29, 1.82) is 5.26 Å². The highest BCUT2D eigenvalue weighted by molar-refractivity contribution is 6.35. The minimum atomic E-state index is -0.545. The second kappa shape index (κ2) is 8.07. The van der Waals surface area contributed by atoms with Crippen molar-refractivity contribution in [2.45, 2.75) is 6.54 Å². The molecule has 2 aromatic carbocycles. The van der Waals surface area contributed by atoms with E-state index < -0.39 is 11.9 Å². The van der Waals surface area contributed by atoms with Gasteiger partial charge in [-0.05, 0) is 54.1 Å². The molecule has 8 heteroatoms. The van der Waals surface area contributed by atoms with Crippen LogP contribution in [0.2, 0.25) is 10.0 Å². The first-order valence-electron chi connectivity index (χ1n) is 8.83. The number of carbonyl (C=O) groups is 2. The zero-order valence-electron chi connectivity index (χ0n) is 15.4. The first kappa shape index (κ1) is 19.8. The third-order valence-electron chi connectivity index (χ3n) is 4.52. The van der Waals surface area contributed by atoms with E-state index in [1.165, 1.54) is 6.08 Å². The highest BCUT2D eigenvalue weighted by Gasteiger charge is 2.34. The number of imide groups is 1. The number of halogens is 2. The van der Waals surface area contributed by atoms with Gasteiger partial charge in [0.05, 0.1) is 18.2 Å². The van der Waals surface area contributed by atoms with Crippen LogP contribution in [0.1, 0.15) is 16.9 Å². The molecule has 4 rings (SSSR count). The summed E-state index contributed by atoms with van der Waals surface area (Å²) in [4.78, 5) is 26.0. The highest BCUT2D eigenvalue weighted by atomic mass is 35.5. The molecule has 3 aromatic rings. The van der Waals surface area contributed by atoms with Gasteiger partial charge in [0, 0.05) is 21.7 Å². The molecule has 148 valence electrons. The molecule has 0 unspecified atom stereocenters. The van der Waals surface area contributed by atoms with Crippen LogP contribution < -0.4 is 5.32 Å². The molecule has 1 saturated heterocycles. The van der Waals surface area contributed by atoms with E-state index in [2.05, 4.69) is 11.4 Å². The normalized spacial score (nSPS) is 14.8. The van der Waals surface area contributed by atoms with Crippen LogP contribution in [-0.2, 0) is 11.3 Å². The van der Waals surface area contributed by atoms with E-state index in [-0.39, 0.29) is 12.2 Å². The molecule has 1 aliphatic heterocycles. The summed E-state index contributed by atoms with van der Waals surface area (Å²) in [5, 5.41) is 12.3. The SMILES string of the molecule is N#Cc1ccc(-c2ccc(/C=C3/NC(=O)N(Cc4ccc(Cl)cc4Cl)C3=O)o2)cc1. The molecular formula is C22H13Cl2N3O3. The molecule has 2 heterocycles. The minimum Gasteiger partial charge on any atom is -0.457 e. The lowest BCUT2D eigenvalue weighted by Gasteiger charge is -2.13. The van der Waals surface area contributed by atoms with E-state index in [0.29, 0.717) is 32.7 Å². The summed E-state index contributed by atoms with van der Waals surface area (Å²) < 4.78 is 5.76. The van der Waals surface area contributed by atoms with Gasteiger partial charge in [0.15, 0.2) is 0 Å². The Morgan fingerprint density at radius 2 is 1.83 bits per heavy atom. The van der Waals surface area contributed by atoms with E-state index in [0.717, 1.165) is 10.5 Å². The predicted octanol–water partition coefficient (Wildman–Crippen LogP) is 5.22. The van der Waals surface area contributed by atoms with Gasteiger partial charge >= 0.3 is 6.03 Å². The Labute approximate surface area is 181 Å².